The molecule has 7 nitrogen and oxygen atoms in total. The first kappa shape index (κ1) is 17.2. The summed E-state index contributed by atoms with van der Waals surface area (Å²) in [5.74, 6) is -0.678. The van der Waals surface area contributed by atoms with Gasteiger partial charge < -0.3 is 19.8 Å². The Morgan fingerprint density at radius 1 is 1.00 bits per heavy atom. The van der Waals surface area contributed by atoms with E-state index in [0.29, 0.717) is 16.7 Å². The number of pyridine rings is 1. The fourth-order valence-electron chi connectivity index (χ4n) is 2.62. The average molecular weight is 352 g/mol. The molecule has 0 unspecified atom stereocenters. The summed E-state index contributed by atoms with van der Waals surface area (Å²) in [4.78, 5) is 39.3. The lowest BCUT2D eigenvalue weighted by Crippen LogP contribution is -2.18. The molecule has 0 aliphatic rings. The van der Waals surface area contributed by atoms with Gasteiger partial charge in [0.2, 0.25) is 5.56 Å². The van der Waals surface area contributed by atoms with Crippen molar-refractivity contribution in [2.24, 2.45) is 0 Å². The number of carbonyl (C=O) groups is 2. The number of methoxy groups -OCH3 is 2. The molecule has 3 aromatic rings. The van der Waals surface area contributed by atoms with Crippen LogP contribution >= 0.6 is 0 Å². The number of fused-ring (bicyclic) bond motifs is 1. The highest BCUT2D eigenvalue weighted by Crippen LogP contribution is 2.24. The van der Waals surface area contributed by atoms with Gasteiger partial charge in [-0.3, -0.25) is 9.59 Å². The Bertz CT molecular complexity index is 1060. The molecule has 0 radical (unpaired) electrons. The molecule has 7 heteroatoms. The summed E-state index contributed by atoms with van der Waals surface area (Å²) in [5.41, 5.74) is 0.766. The minimum atomic E-state index is -0.616. The molecule has 1 aromatic heterocycles. The Balaban J connectivity index is 2.04. The Labute approximate surface area is 148 Å². The largest absolute Gasteiger partial charge is 0.497 e. The van der Waals surface area contributed by atoms with Crippen molar-refractivity contribution in [3.05, 3.63) is 70.0 Å². The highest BCUT2D eigenvalue weighted by atomic mass is 16.5. The number of para-hydroxylation sites is 1. The summed E-state index contributed by atoms with van der Waals surface area (Å²) >= 11 is 0. The van der Waals surface area contributed by atoms with E-state index in [1.54, 1.807) is 36.4 Å². The summed E-state index contributed by atoms with van der Waals surface area (Å²) in [6.07, 6.45) is 0. The number of rotatable bonds is 4. The van der Waals surface area contributed by atoms with Crippen molar-refractivity contribution >= 4 is 28.5 Å². The summed E-state index contributed by atoms with van der Waals surface area (Å²) < 4.78 is 9.85. The van der Waals surface area contributed by atoms with Crippen molar-refractivity contribution < 1.29 is 19.1 Å². The normalized spacial score (nSPS) is 10.4. The highest BCUT2D eigenvalue weighted by molar-refractivity contribution is 6.14. The number of aromatic nitrogens is 1. The molecule has 2 aromatic carbocycles. The van der Waals surface area contributed by atoms with Crippen LogP contribution in [0.4, 0.5) is 5.69 Å². The highest BCUT2D eigenvalue weighted by Gasteiger charge is 2.18. The van der Waals surface area contributed by atoms with Gasteiger partial charge in [0.15, 0.2) is 0 Å². The molecule has 132 valence electrons. The second-order valence-electron chi connectivity index (χ2n) is 5.45. The van der Waals surface area contributed by atoms with E-state index in [2.05, 4.69) is 10.3 Å². The molecule has 0 saturated carbocycles. The quantitative estimate of drug-likeness (QED) is 0.704. The fraction of sp³-hybridized carbons (Fsp3) is 0.105. The van der Waals surface area contributed by atoms with E-state index in [1.807, 2.05) is 0 Å². The molecule has 1 amide bonds. The van der Waals surface area contributed by atoms with Gasteiger partial charge in [-0.15, -0.1) is 0 Å². The number of esters is 1. The second kappa shape index (κ2) is 7.10. The minimum absolute atomic E-state index is 0.148. The van der Waals surface area contributed by atoms with Crippen LogP contribution in [0.1, 0.15) is 20.7 Å². The molecule has 0 aliphatic carbocycles. The Morgan fingerprint density at radius 3 is 2.50 bits per heavy atom. The van der Waals surface area contributed by atoms with Crippen LogP contribution in [-0.2, 0) is 4.74 Å². The molecule has 26 heavy (non-hydrogen) atoms. The van der Waals surface area contributed by atoms with Crippen molar-refractivity contribution in [3.63, 3.8) is 0 Å². The molecule has 0 bridgehead atoms. The number of aromatic amines is 1. The lowest BCUT2D eigenvalue weighted by atomic mass is 10.1. The molecular formula is C19H16N2O5. The zero-order valence-corrected chi connectivity index (χ0v) is 14.2. The van der Waals surface area contributed by atoms with Gasteiger partial charge in [0.25, 0.3) is 5.91 Å². The summed E-state index contributed by atoms with van der Waals surface area (Å²) in [6.45, 7) is 0. The van der Waals surface area contributed by atoms with Crippen molar-refractivity contribution in [1.29, 1.82) is 0 Å². The van der Waals surface area contributed by atoms with E-state index >= 15 is 0 Å². The van der Waals surface area contributed by atoms with Crippen molar-refractivity contribution in [2.45, 2.75) is 0 Å². The lowest BCUT2D eigenvalue weighted by molar-refractivity contribution is 0.0601. The monoisotopic (exact) mass is 352 g/mol. The first-order chi connectivity index (χ1) is 12.5. The first-order valence-electron chi connectivity index (χ1n) is 7.73. The predicted octanol–water partition coefficient (Wildman–Crippen LogP) is 2.58. The summed E-state index contributed by atoms with van der Waals surface area (Å²) in [5, 5.41) is 3.26. The topological polar surface area (TPSA) is 97.5 Å². The molecule has 2 N–H and O–H groups in total. The number of amides is 1. The summed E-state index contributed by atoms with van der Waals surface area (Å²) in [7, 11) is 2.72. The van der Waals surface area contributed by atoms with E-state index < -0.39 is 17.4 Å². The van der Waals surface area contributed by atoms with Crippen LogP contribution in [0.25, 0.3) is 10.9 Å². The fourth-order valence-corrected chi connectivity index (χ4v) is 2.62. The van der Waals surface area contributed by atoms with Crippen LogP contribution in [0.3, 0.4) is 0 Å². The molecule has 0 aliphatic heterocycles. The van der Waals surface area contributed by atoms with E-state index in [-0.39, 0.29) is 16.8 Å². The standard InChI is InChI=1S/C19H16N2O5/c1-25-11-7-8-16(14(9-11)19(24)26-2)21-18(23)13-10-17(22)20-15-6-4-3-5-12(13)15/h3-10H,1-2H3,(H,20,22)(H,21,23). The first-order valence-corrected chi connectivity index (χ1v) is 7.73. The maximum absolute atomic E-state index is 12.8. The van der Waals surface area contributed by atoms with Crippen LogP contribution in [0.2, 0.25) is 0 Å². The van der Waals surface area contributed by atoms with Gasteiger partial charge in [0.05, 0.1) is 31.0 Å². The van der Waals surface area contributed by atoms with E-state index in [4.69, 9.17) is 9.47 Å². The molecular weight excluding hydrogens is 336 g/mol. The van der Waals surface area contributed by atoms with Gasteiger partial charge >= 0.3 is 5.97 Å². The number of hydrogen-bond donors (Lipinski definition) is 2. The zero-order valence-electron chi connectivity index (χ0n) is 14.2. The molecule has 1 heterocycles. The van der Waals surface area contributed by atoms with Gasteiger partial charge in [-0.25, -0.2) is 4.79 Å². The number of ether oxygens (including phenoxy) is 2. The van der Waals surface area contributed by atoms with Crippen LogP contribution in [0, 0.1) is 0 Å². The van der Waals surface area contributed by atoms with Gasteiger partial charge in [0.1, 0.15) is 5.75 Å². The average Bonchev–Trinajstić information content (AvgIpc) is 2.66. The third-order valence-corrected chi connectivity index (χ3v) is 3.88. The van der Waals surface area contributed by atoms with Crippen LogP contribution in [0.5, 0.6) is 5.75 Å². The SMILES string of the molecule is COC(=O)c1cc(OC)ccc1NC(=O)c1cc(=O)[nH]c2ccccc12. The second-order valence-corrected chi connectivity index (χ2v) is 5.45. The Morgan fingerprint density at radius 2 is 1.77 bits per heavy atom. The number of hydrogen-bond acceptors (Lipinski definition) is 5. The number of anilines is 1. The Hall–Kier alpha value is -3.61. The number of nitrogens with one attached hydrogen (secondary N) is 2. The molecule has 3 rings (SSSR count). The molecule has 0 spiro atoms. The van der Waals surface area contributed by atoms with E-state index in [9.17, 15) is 14.4 Å². The predicted molar refractivity (Wildman–Crippen MR) is 96.9 cm³/mol. The van der Waals surface area contributed by atoms with Crippen molar-refractivity contribution in [1.82, 2.24) is 4.98 Å². The maximum Gasteiger partial charge on any atom is 0.340 e. The van der Waals surface area contributed by atoms with Gasteiger partial charge in [-0.2, -0.15) is 0 Å². The molecule has 0 atom stereocenters. The van der Waals surface area contributed by atoms with Crippen LogP contribution in [-0.4, -0.2) is 31.1 Å². The third-order valence-electron chi connectivity index (χ3n) is 3.88. The smallest absolute Gasteiger partial charge is 0.340 e. The van der Waals surface area contributed by atoms with Gasteiger partial charge in [-0.1, -0.05) is 18.2 Å². The van der Waals surface area contributed by atoms with Crippen LogP contribution in [0.15, 0.2) is 53.3 Å². The maximum atomic E-state index is 12.8. The lowest BCUT2D eigenvalue weighted by Gasteiger charge is -2.12. The van der Waals surface area contributed by atoms with Gasteiger partial charge in [-0.05, 0) is 24.3 Å². The third kappa shape index (κ3) is 3.27. The minimum Gasteiger partial charge on any atom is -0.497 e. The van der Waals surface area contributed by atoms with E-state index in [0.717, 1.165) is 0 Å². The summed E-state index contributed by atoms with van der Waals surface area (Å²) in [6, 6.07) is 12.8. The van der Waals surface area contributed by atoms with Crippen LogP contribution < -0.4 is 15.6 Å². The number of benzene rings is 2. The van der Waals surface area contributed by atoms with Gasteiger partial charge in [0, 0.05) is 17.0 Å². The number of H-pyrrole nitrogens is 1. The van der Waals surface area contributed by atoms with Crippen molar-refractivity contribution in [3.8, 4) is 5.75 Å². The molecule has 0 saturated heterocycles. The zero-order chi connectivity index (χ0) is 18.7. The Kier molecular flexibility index (Phi) is 4.70. The molecule has 0 fully saturated rings. The van der Waals surface area contributed by atoms with E-state index in [1.165, 1.54) is 26.4 Å². The van der Waals surface area contributed by atoms with Crippen molar-refractivity contribution in [2.75, 3.05) is 19.5 Å². The number of carbonyl (C=O) groups excluding carboxylic acids is 2.